The van der Waals surface area contributed by atoms with Gasteiger partial charge in [0.15, 0.2) is 0 Å². The van der Waals surface area contributed by atoms with Crippen molar-refractivity contribution in [2.24, 2.45) is 0 Å². The van der Waals surface area contributed by atoms with Gasteiger partial charge in [0.2, 0.25) is 0 Å². The minimum Gasteiger partial charge on any atom is -0.460 e. The lowest BCUT2D eigenvalue weighted by molar-refractivity contribution is -0.156. The Morgan fingerprint density at radius 3 is 2.19 bits per heavy atom. The van der Waals surface area contributed by atoms with Crippen LogP contribution in [-0.4, -0.2) is 30.4 Å². The Hall–Kier alpha value is -1.65. The molecule has 0 fully saturated rings. The van der Waals surface area contributed by atoms with Gasteiger partial charge in [-0.15, -0.1) is 0 Å². The van der Waals surface area contributed by atoms with Gasteiger partial charge in [0.25, 0.3) is 0 Å². The van der Waals surface area contributed by atoms with E-state index in [-0.39, 0.29) is 12.0 Å². The molecule has 0 amide bonds. The number of carbonyl (C=O) groups is 1. The fourth-order valence-electron chi connectivity index (χ4n) is 4.04. The van der Waals surface area contributed by atoms with Crippen LogP contribution in [0.4, 0.5) is 0 Å². The number of carbonyl (C=O) groups excluding carboxylic acids is 1. The Morgan fingerprint density at radius 1 is 1.04 bits per heavy atom. The zero-order valence-electron chi connectivity index (χ0n) is 18.2. The van der Waals surface area contributed by atoms with Crippen molar-refractivity contribution in [3.8, 4) is 0 Å². The fourth-order valence-corrected chi connectivity index (χ4v) is 6.76. The number of benzene rings is 2. The van der Waals surface area contributed by atoms with Crippen LogP contribution in [0.5, 0.6) is 0 Å². The van der Waals surface area contributed by atoms with Gasteiger partial charge in [0, 0.05) is 6.04 Å². The first kappa shape index (κ1) is 21.6. The SMILES string of the molecule is CC(C)N([C@H](CC(=O)OC(C)(C)C)c1cccc2ccccc12)[Si](C)(C)C. The van der Waals surface area contributed by atoms with E-state index in [4.69, 9.17) is 4.74 Å². The number of nitrogens with zero attached hydrogens (tertiary/aromatic N) is 1. The molecule has 0 unspecified atom stereocenters. The van der Waals surface area contributed by atoms with Gasteiger partial charge < -0.3 is 9.30 Å². The van der Waals surface area contributed by atoms with Crippen LogP contribution in [0.25, 0.3) is 10.8 Å². The van der Waals surface area contributed by atoms with Crippen LogP contribution < -0.4 is 0 Å². The summed E-state index contributed by atoms with van der Waals surface area (Å²) in [6.07, 6.45) is 0.369. The van der Waals surface area contributed by atoms with Crippen LogP contribution in [-0.2, 0) is 9.53 Å². The molecule has 0 bridgehead atoms. The Kier molecular flexibility index (Phi) is 6.54. The maximum absolute atomic E-state index is 12.8. The summed E-state index contributed by atoms with van der Waals surface area (Å²) in [5.74, 6) is -0.135. The van der Waals surface area contributed by atoms with Crippen molar-refractivity contribution in [3.05, 3.63) is 48.0 Å². The van der Waals surface area contributed by atoms with Crippen LogP contribution >= 0.6 is 0 Å². The molecule has 0 aliphatic carbocycles. The van der Waals surface area contributed by atoms with Crippen molar-refractivity contribution < 1.29 is 9.53 Å². The molecule has 27 heavy (non-hydrogen) atoms. The summed E-state index contributed by atoms with van der Waals surface area (Å²) in [5, 5.41) is 2.43. The number of ether oxygens (including phenoxy) is 1. The highest BCUT2D eigenvalue weighted by Crippen LogP contribution is 2.36. The van der Waals surface area contributed by atoms with Crippen LogP contribution in [0.2, 0.25) is 19.6 Å². The molecule has 0 heterocycles. The lowest BCUT2D eigenvalue weighted by Crippen LogP contribution is -2.52. The largest absolute Gasteiger partial charge is 0.460 e. The molecule has 0 spiro atoms. The summed E-state index contributed by atoms with van der Waals surface area (Å²) in [5.41, 5.74) is 0.748. The number of rotatable bonds is 6. The van der Waals surface area contributed by atoms with Crippen molar-refractivity contribution in [1.29, 1.82) is 0 Å². The average Bonchev–Trinajstić information content (AvgIpc) is 2.50. The smallest absolute Gasteiger partial charge is 0.308 e. The first-order chi connectivity index (χ1) is 12.4. The second-order valence-electron chi connectivity index (χ2n) is 9.55. The van der Waals surface area contributed by atoms with Gasteiger partial charge in [-0.25, -0.2) is 0 Å². The summed E-state index contributed by atoms with van der Waals surface area (Å²) in [4.78, 5) is 12.8. The highest BCUT2D eigenvalue weighted by molar-refractivity contribution is 6.73. The molecular weight excluding hydrogens is 350 g/mol. The molecule has 0 aliphatic heterocycles. The van der Waals surface area contributed by atoms with Gasteiger partial charge in [-0.05, 0) is 43.1 Å². The Labute approximate surface area is 165 Å². The number of hydrogen-bond acceptors (Lipinski definition) is 3. The predicted molar refractivity (Wildman–Crippen MR) is 117 cm³/mol. The van der Waals surface area contributed by atoms with E-state index in [0.29, 0.717) is 12.5 Å². The van der Waals surface area contributed by atoms with Crippen LogP contribution in [0.3, 0.4) is 0 Å². The molecule has 2 aromatic carbocycles. The van der Waals surface area contributed by atoms with Crippen molar-refractivity contribution in [2.45, 2.75) is 78.4 Å². The fraction of sp³-hybridized carbons (Fsp3) is 0.522. The molecule has 2 rings (SSSR count). The second-order valence-corrected chi connectivity index (χ2v) is 14.4. The zero-order valence-corrected chi connectivity index (χ0v) is 19.2. The summed E-state index contributed by atoms with van der Waals surface area (Å²) in [6.45, 7) is 17.3. The molecule has 148 valence electrons. The molecule has 1 atom stereocenters. The van der Waals surface area contributed by atoms with Gasteiger partial charge in [-0.3, -0.25) is 4.79 Å². The Morgan fingerprint density at radius 2 is 1.63 bits per heavy atom. The summed E-state index contributed by atoms with van der Waals surface area (Å²) in [7, 11) is -1.68. The molecule has 2 aromatic rings. The highest BCUT2D eigenvalue weighted by atomic mass is 28.3. The summed E-state index contributed by atoms with van der Waals surface area (Å²) >= 11 is 0. The Balaban J connectivity index is 2.56. The third kappa shape index (κ3) is 5.66. The van der Waals surface area contributed by atoms with Crippen LogP contribution in [0, 0.1) is 0 Å². The number of esters is 1. The standard InChI is InChI=1S/C23H35NO2Si/c1-17(2)24(27(6,7)8)21(16-22(25)26-23(3,4)5)20-15-11-13-18-12-9-10-14-19(18)20/h9-15,17,21H,16H2,1-8H3/t21-/m1/s1. The molecule has 0 radical (unpaired) electrons. The second kappa shape index (κ2) is 8.15. The normalized spacial score (nSPS) is 14.0. The Bertz CT molecular complexity index is 782. The average molecular weight is 386 g/mol. The van der Waals surface area contributed by atoms with Crippen molar-refractivity contribution in [1.82, 2.24) is 4.57 Å². The number of fused-ring (bicyclic) bond motifs is 1. The van der Waals surface area contributed by atoms with Crippen LogP contribution in [0.1, 0.15) is 52.6 Å². The molecule has 0 aromatic heterocycles. The predicted octanol–water partition coefficient (Wildman–Crippen LogP) is 6.16. The van der Waals surface area contributed by atoms with Crippen molar-refractivity contribution >= 4 is 25.0 Å². The topological polar surface area (TPSA) is 29.5 Å². The van der Waals surface area contributed by atoms with E-state index in [2.05, 4.69) is 80.5 Å². The van der Waals surface area contributed by atoms with Gasteiger partial charge in [-0.2, -0.15) is 0 Å². The summed E-state index contributed by atoms with van der Waals surface area (Å²) < 4.78 is 8.26. The maximum Gasteiger partial charge on any atom is 0.308 e. The van der Waals surface area contributed by atoms with E-state index in [0.717, 1.165) is 0 Å². The first-order valence-corrected chi connectivity index (χ1v) is 13.3. The lowest BCUT2D eigenvalue weighted by atomic mass is 9.96. The quantitative estimate of drug-likeness (QED) is 0.440. The van der Waals surface area contributed by atoms with Crippen molar-refractivity contribution in [3.63, 3.8) is 0 Å². The van der Waals surface area contributed by atoms with E-state index in [1.54, 1.807) is 0 Å². The van der Waals surface area contributed by atoms with Gasteiger partial charge >= 0.3 is 5.97 Å². The van der Waals surface area contributed by atoms with Gasteiger partial charge in [-0.1, -0.05) is 76.0 Å². The first-order valence-electron chi connectivity index (χ1n) is 9.88. The molecule has 0 saturated carbocycles. The maximum atomic E-state index is 12.8. The molecule has 4 heteroatoms. The molecular formula is C23H35NO2Si. The summed E-state index contributed by atoms with van der Waals surface area (Å²) in [6, 6.07) is 15.2. The third-order valence-corrected chi connectivity index (χ3v) is 7.01. The number of hydrogen-bond donors (Lipinski definition) is 0. The van der Waals surface area contributed by atoms with Gasteiger partial charge in [0.05, 0.1) is 6.42 Å². The molecule has 0 N–H and O–H groups in total. The van der Waals surface area contributed by atoms with E-state index in [1.165, 1.54) is 16.3 Å². The molecule has 0 aliphatic rings. The minimum atomic E-state index is -1.68. The van der Waals surface area contributed by atoms with Crippen molar-refractivity contribution in [2.75, 3.05) is 0 Å². The third-order valence-electron chi connectivity index (χ3n) is 4.63. The molecule has 3 nitrogen and oxygen atoms in total. The van der Waals surface area contributed by atoms with E-state index >= 15 is 0 Å². The van der Waals surface area contributed by atoms with E-state index in [1.807, 2.05) is 20.8 Å². The zero-order chi connectivity index (χ0) is 20.4. The lowest BCUT2D eigenvalue weighted by Gasteiger charge is -2.44. The van der Waals surface area contributed by atoms with E-state index in [9.17, 15) is 4.79 Å². The van der Waals surface area contributed by atoms with Crippen LogP contribution in [0.15, 0.2) is 42.5 Å². The van der Waals surface area contributed by atoms with Gasteiger partial charge in [0.1, 0.15) is 13.8 Å². The molecule has 0 saturated heterocycles. The van der Waals surface area contributed by atoms with E-state index < -0.39 is 13.8 Å². The minimum absolute atomic E-state index is 0.0117. The highest BCUT2D eigenvalue weighted by Gasteiger charge is 2.36. The monoisotopic (exact) mass is 385 g/mol.